The Balaban J connectivity index is 0.000000189. The van der Waals surface area contributed by atoms with Gasteiger partial charge >= 0.3 is 17.9 Å². The van der Waals surface area contributed by atoms with Gasteiger partial charge in [0, 0.05) is 140 Å². The third kappa shape index (κ3) is 10.6. The summed E-state index contributed by atoms with van der Waals surface area (Å²) in [5.41, 5.74) is 1.83. The smallest absolute Gasteiger partial charge is 0.322 e. The van der Waals surface area contributed by atoms with Crippen LogP contribution in [0.25, 0.3) is 10.9 Å². The molecule has 1 aromatic heterocycles. The van der Waals surface area contributed by atoms with Crippen molar-refractivity contribution in [1.29, 1.82) is 0 Å². The first kappa shape index (κ1) is 72.4. The van der Waals surface area contributed by atoms with Crippen molar-refractivity contribution in [2.75, 3.05) is 104 Å². The highest BCUT2D eigenvalue weighted by Gasteiger charge is 2.80. The lowest BCUT2D eigenvalue weighted by molar-refractivity contribution is -0.216. The van der Waals surface area contributed by atoms with Crippen LogP contribution in [0.5, 0.6) is 11.5 Å². The molecule has 2 saturated carbocycles. The van der Waals surface area contributed by atoms with Gasteiger partial charge in [-0.2, -0.15) is 0 Å². The number of likely N-dealkylation sites (N-methyl/N-ethyl adjacent to an activating group) is 2. The first-order valence-corrected chi connectivity index (χ1v) is 37.9. The number of halogens is 2. The van der Waals surface area contributed by atoms with E-state index in [0.29, 0.717) is 60.7 Å². The average molecular weight is 1470 g/mol. The highest BCUT2D eigenvalue weighted by Crippen LogP contribution is 2.70. The Morgan fingerprint density at radius 1 is 0.638 bits per heavy atom. The molecular formula is C83H96Cl2N8O12. The molecule has 2 spiro atoms. The molecule has 2 aliphatic carbocycles. The van der Waals surface area contributed by atoms with Crippen LogP contribution < -0.4 is 29.9 Å². The van der Waals surface area contributed by atoms with E-state index in [4.69, 9.17) is 46.9 Å². The lowest BCUT2D eigenvalue weighted by Gasteiger charge is -2.64. The molecule has 8 aliphatic heterocycles. The molecule has 0 radical (unpaired) electrons. The summed E-state index contributed by atoms with van der Waals surface area (Å²) in [6, 6.07) is 30.9. The number of hydrogen-bond donors (Lipinski definition) is 5. The summed E-state index contributed by atoms with van der Waals surface area (Å²) in [5, 5.41) is 34.8. The van der Waals surface area contributed by atoms with Crippen molar-refractivity contribution in [3.63, 3.8) is 0 Å². The number of rotatable bonds is 15. The number of carbonyl (C=O) groups is 5. The molecule has 15 atom stereocenters. The van der Waals surface area contributed by atoms with E-state index in [0.717, 1.165) is 102 Å². The predicted molar refractivity (Wildman–Crippen MR) is 404 cm³/mol. The number of carbonyl (C=O) groups excluding carboxylic acids is 5. The van der Waals surface area contributed by atoms with Gasteiger partial charge in [-0.1, -0.05) is 128 Å². The van der Waals surface area contributed by atoms with E-state index in [9.17, 15) is 29.4 Å². The largest absolute Gasteiger partial charge is 0.497 e. The number of esters is 3. The van der Waals surface area contributed by atoms with E-state index in [1.807, 2.05) is 38.4 Å². The van der Waals surface area contributed by atoms with Gasteiger partial charge in [0.2, 0.25) is 0 Å². The van der Waals surface area contributed by atoms with Crippen LogP contribution in [0.1, 0.15) is 122 Å². The number of methoxy groups -OCH3 is 3. The number of fused-ring (bicyclic) bond motifs is 7. The van der Waals surface area contributed by atoms with Crippen molar-refractivity contribution < 1.29 is 57.9 Å². The molecule has 2 amide bonds. The summed E-state index contributed by atoms with van der Waals surface area (Å²) in [4.78, 5) is 84.4. The Bertz CT molecular complexity index is 4600. The average Bonchev–Trinajstić information content (AvgIpc) is 1.51. The van der Waals surface area contributed by atoms with Gasteiger partial charge in [-0.3, -0.25) is 38.7 Å². The third-order valence-electron chi connectivity index (χ3n) is 26.2. The first-order valence-electron chi connectivity index (χ1n) is 37.1. The van der Waals surface area contributed by atoms with Gasteiger partial charge in [0.25, 0.3) is 11.8 Å². The number of nitrogens with zero attached hydrogens (tertiary/aromatic N) is 5. The standard InChI is InChI=1S/C52H60ClN5O7.C31H36ClN3O5/c1-7-32-24-33-27-51(48(61)64-6,43-35(18-22-57(28-32)29-33)34-14-10-12-17-40(34)55-43)38-25-37-41(26-42(38)63-5)56(4)46-50(37)20-23-58-21-13-19-49(8-2,45(50)58)47(65-31(3)59)52(46,62)30-54-44(60)36-15-9-11-16-39(36)53;1-5-29-13-8-15-35-16-14-30(26(29)35)22-12-11-20(39-4)17-24(22)34(3)27(30)31(38,28(29)40-19(2)36)18-33-25(37)21-9-6-7-10-23(21)32/h9-17,19,24-26,33,45-47,55,62H,7-8,18,20-23,27-30H2,1-6H3,(H,54,60);6-13,17,26-28,38H,5,14-16,18H2,1-4H3,(H,33,37)/t33-,45?,46+,47+,49+,50+,51-,52-;26?,27-,28-,29-,30-,31+/m01/s1. The zero-order chi connectivity index (χ0) is 74.1. The lowest BCUT2D eigenvalue weighted by Crippen LogP contribution is -2.81. The Labute approximate surface area is 624 Å². The molecular weight excluding hydrogens is 1370 g/mol. The molecule has 105 heavy (non-hydrogen) atoms. The van der Waals surface area contributed by atoms with Crippen LogP contribution in [0.3, 0.4) is 0 Å². The van der Waals surface area contributed by atoms with Gasteiger partial charge in [0.05, 0.1) is 67.7 Å². The predicted octanol–water partition coefficient (Wildman–Crippen LogP) is 10.3. The number of aromatic amines is 1. The SMILES string of the molecule is CCC1=C[C@@H]2CN(CCc3c([nH]c4ccccc34)[C@@](C(=O)OC)(c3cc4c(cc3OC)N(C)[C@H]3[C@@](O)(CNC(=O)c5ccccc5Cl)[C@H](OC(C)=O)[C@]5(CC)C=CCN6CC[C@]43C65)C2)C1.CC[C@]12C=CCN3CC[C@@]4(c5ccc(OC)cc5N(C)[C@H]4[C@@](O)(CNC(=O)c4ccccc4Cl)[C@@H]1OC(C)=O)C32. The zero-order valence-electron chi connectivity index (χ0n) is 61.5. The number of hydrogen-bond acceptors (Lipinski definition) is 17. The Morgan fingerprint density at radius 3 is 1.70 bits per heavy atom. The number of H-pyrrole nitrogens is 1. The zero-order valence-corrected chi connectivity index (χ0v) is 63.0. The van der Waals surface area contributed by atoms with Crippen LogP contribution >= 0.6 is 23.2 Å². The highest BCUT2D eigenvalue weighted by molar-refractivity contribution is 6.34. The number of nitrogens with one attached hydrogen (secondary N) is 3. The van der Waals surface area contributed by atoms with Gasteiger partial charge < -0.3 is 59.3 Å². The van der Waals surface area contributed by atoms with E-state index in [1.54, 1.807) is 62.8 Å². The summed E-state index contributed by atoms with van der Waals surface area (Å²) < 4.78 is 30.7. The maximum absolute atomic E-state index is 15.5. The molecule has 3 unspecified atom stereocenters. The molecule has 22 heteroatoms. The van der Waals surface area contributed by atoms with E-state index < -0.39 is 86.3 Å². The minimum absolute atomic E-state index is 0.0130. The van der Waals surface area contributed by atoms with Crippen molar-refractivity contribution in [2.45, 2.75) is 143 Å². The second kappa shape index (κ2) is 26.9. The fourth-order valence-corrected chi connectivity index (χ4v) is 23.0. The molecule has 16 rings (SSSR count). The normalized spacial score (nSPS) is 32.8. The van der Waals surface area contributed by atoms with Gasteiger partial charge in [-0.25, -0.2) is 0 Å². The van der Waals surface area contributed by atoms with Crippen LogP contribution in [0.4, 0.5) is 11.4 Å². The van der Waals surface area contributed by atoms with Crippen molar-refractivity contribution in [1.82, 2.24) is 30.3 Å². The maximum atomic E-state index is 15.5. The van der Waals surface area contributed by atoms with Gasteiger partial charge in [0.15, 0.2) is 0 Å². The number of anilines is 2. The quantitative estimate of drug-likeness (QED) is 0.0366. The van der Waals surface area contributed by atoms with Gasteiger partial charge in [-0.05, 0) is 123 Å². The number of benzene rings is 5. The molecule has 2 saturated heterocycles. The van der Waals surface area contributed by atoms with Crippen molar-refractivity contribution in [3.8, 4) is 11.5 Å². The Morgan fingerprint density at radius 2 is 1.18 bits per heavy atom. The molecule has 6 aromatic rings. The number of ether oxygens (including phenoxy) is 5. The van der Waals surface area contributed by atoms with Crippen molar-refractivity contribution in [3.05, 3.63) is 188 Å². The highest BCUT2D eigenvalue weighted by atomic mass is 35.5. The van der Waals surface area contributed by atoms with Crippen molar-refractivity contribution in [2.24, 2.45) is 16.7 Å². The molecule has 4 fully saturated rings. The van der Waals surface area contributed by atoms with E-state index in [-0.39, 0.29) is 47.6 Å². The number of amides is 2. The van der Waals surface area contributed by atoms with Gasteiger partial charge in [-0.15, -0.1) is 0 Å². The van der Waals surface area contributed by atoms with Crippen molar-refractivity contribution >= 4 is 75.2 Å². The second-order valence-corrected chi connectivity index (χ2v) is 31.7. The summed E-state index contributed by atoms with van der Waals surface area (Å²) in [7, 11) is 8.73. The number of aliphatic hydroxyl groups is 2. The lowest BCUT2D eigenvalue weighted by atomic mass is 9.47. The fraction of sp³-hybridized carbons (Fsp3) is 0.482. The van der Waals surface area contributed by atoms with Crippen LogP contribution in [0.15, 0.2) is 139 Å². The molecule has 10 aliphatic rings. The molecule has 9 heterocycles. The molecule has 20 nitrogen and oxygen atoms in total. The van der Waals surface area contributed by atoms with Crippen LogP contribution in [-0.2, 0) is 51.3 Å². The summed E-state index contributed by atoms with van der Waals surface area (Å²) >= 11 is 12.9. The van der Waals surface area contributed by atoms with Crippen LogP contribution in [0, 0.1) is 16.7 Å². The molecule has 2 bridgehead atoms. The summed E-state index contributed by atoms with van der Waals surface area (Å²) in [6.45, 7) is 14.4. The minimum Gasteiger partial charge on any atom is -0.497 e. The van der Waals surface area contributed by atoms with Crippen LogP contribution in [0.2, 0.25) is 10.0 Å². The molecule has 5 N–H and O–H groups in total. The Kier molecular flexibility index (Phi) is 18.6. The van der Waals surface area contributed by atoms with Crippen LogP contribution in [-0.4, -0.2) is 202 Å². The summed E-state index contributed by atoms with van der Waals surface area (Å²) in [6.07, 6.45) is 13.8. The van der Waals surface area contributed by atoms with E-state index in [2.05, 4.69) is 122 Å². The second-order valence-electron chi connectivity index (χ2n) is 30.9. The first-order chi connectivity index (χ1) is 50.4. The van der Waals surface area contributed by atoms with E-state index >= 15 is 4.79 Å². The maximum Gasteiger partial charge on any atom is 0.322 e. The monoisotopic (exact) mass is 1470 g/mol. The van der Waals surface area contributed by atoms with E-state index in [1.165, 1.54) is 26.5 Å². The minimum atomic E-state index is -1.84. The number of para-hydroxylation sites is 1. The summed E-state index contributed by atoms with van der Waals surface area (Å²) in [5.74, 6) is -0.925. The number of aromatic nitrogens is 1. The molecule has 554 valence electrons. The fourth-order valence-electron chi connectivity index (χ4n) is 22.6. The third-order valence-corrected chi connectivity index (χ3v) is 26.8. The molecule has 5 aromatic carbocycles. The Hall–Kier alpha value is -8.21. The topological polar surface area (TPSA) is 228 Å². The van der Waals surface area contributed by atoms with Gasteiger partial charge in [0.1, 0.15) is 40.3 Å².